The van der Waals surface area contributed by atoms with Gasteiger partial charge in [0.15, 0.2) is 0 Å². The number of ether oxygens (including phenoxy) is 2. The molecule has 118 valence electrons. The van der Waals surface area contributed by atoms with Gasteiger partial charge < -0.3 is 9.47 Å². The van der Waals surface area contributed by atoms with Crippen LogP contribution < -0.4 is 9.47 Å². The summed E-state index contributed by atoms with van der Waals surface area (Å²) in [6.45, 7) is 0.820. The van der Waals surface area contributed by atoms with E-state index < -0.39 is 10.2 Å². The quantitative estimate of drug-likeness (QED) is 0.768. The number of aromatic nitrogens is 2. The van der Waals surface area contributed by atoms with E-state index in [1.807, 2.05) is 0 Å². The van der Waals surface area contributed by atoms with Crippen molar-refractivity contribution >= 4 is 10.2 Å². The molecule has 1 unspecified atom stereocenters. The van der Waals surface area contributed by atoms with Crippen molar-refractivity contribution in [2.24, 2.45) is 0 Å². The first kappa shape index (κ1) is 15.9. The van der Waals surface area contributed by atoms with E-state index >= 15 is 0 Å². The number of hydrogen-bond donors (Lipinski definition) is 0. The summed E-state index contributed by atoms with van der Waals surface area (Å²) >= 11 is 0. The van der Waals surface area contributed by atoms with E-state index in [0.717, 1.165) is 12.8 Å². The molecule has 8 nitrogen and oxygen atoms in total. The smallest absolute Gasteiger partial charge is 0.319 e. The van der Waals surface area contributed by atoms with E-state index in [0.29, 0.717) is 19.0 Å². The number of nitrogens with zero attached hydrogens (tertiary/aromatic N) is 4. The minimum Gasteiger partial charge on any atom is -0.473 e. The normalized spacial score (nSPS) is 20.5. The van der Waals surface area contributed by atoms with Gasteiger partial charge in [0.05, 0.1) is 13.7 Å². The summed E-state index contributed by atoms with van der Waals surface area (Å²) in [5.41, 5.74) is 0. The van der Waals surface area contributed by atoms with E-state index in [2.05, 4.69) is 9.97 Å². The molecular formula is C12H20N4O4S. The molecule has 0 aromatic carbocycles. The number of methoxy groups -OCH3 is 1. The van der Waals surface area contributed by atoms with E-state index in [9.17, 15) is 8.42 Å². The Hall–Kier alpha value is -1.45. The number of rotatable bonds is 5. The summed E-state index contributed by atoms with van der Waals surface area (Å²) in [6, 6.07) is 1.85. The average molecular weight is 316 g/mol. The molecule has 1 aromatic heterocycles. The predicted octanol–water partition coefficient (Wildman–Crippen LogP) is 0.135. The number of piperidine rings is 1. The molecule has 1 aliphatic rings. The summed E-state index contributed by atoms with van der Waals surface area (Å²) in [5, 5.41) is 0. The highest BCUT2D eigenvalue weighted by atomic mass is 32.2. The third-order valence-electron chi connectivity index (χ3n) is 3.21. The van der Waals surface area contributed by atoms with Gasteiger partial charge in [-0.2, -0.15) is 22.0 Å². The Morgan fingerprint density at radius 1 is 1.43 bits per heavy atom. The Morgan fingerprint density at radius 3 is 2.86 bits per heavy atom. The first-order valence-corrected chi connectivity index (χ1v) is 8.04. The molecule has 0 spiro atoms. The molecule has 21 heavy (non-hydrogen) atoms. The summed E-state index contributed by atoms with van der Waals surface area (Å²) < 4.78 is 37.6. The minimum atomic E-state index is -3.41. The van der Waals surface area contributed by atoms with Crippen LogP contribution in [0.25, 0.3) is 0 Å². The molecule has 0 bridgehead atoms. The van der Waals surface area contributed by atoms with Gasteiger partial charge in [-0.1, -0.05) is 0 Å². The molecule has 0 N–H and O–H groups in total. The molecule has 1 atom stereocenters. The van der Waals surface area contributed by atoms with Crippen molar-refractivity contribution in [1.82, 2.24) is 18.6 Å². The molecule has 0 aliphatic carbocycles. The predicted molar refractivity (Wildman–Crippen MR) is 76.4 cm³/mol. The van der Waals surface area contributed by atoms with Gasteiger partial charge in [0.2, 0.25) is 5.88 Å². The molecule has 0 amide bonds. The molecule has 2 rings (SSSR count). The largest absolute Gasteiger partial charge is 0.473 e. The van der Waals surface area contributed by atoms with Gasteiger partial charge >= 0.3 is 6.01 Å². The maximum atomic E-state index is 12.1. The van der Waals surface area contributed by atoms with Gasteiger partial charge in [0, 0.05) is 32.9 Å². The van der Waals surface area contributed by atoms with Gasteiger partial charge in [0.25, 0.3) is 10.2 Å². The molecule has 9 heteroatoms. The van der Waals surface area contributed by atoms with Crippen molar-refractivity contribution in [2.45, 2.75) is 18.9 Å². The molecule has 1 aliphatic heterocycles. The fraction of sp³-hybridized carbons (Fsp3) is 0.667. The second-order valence-electron chi connectivity index (χ2n) is 4.91. The Kier molecular flexibility index (Phi) is 4.96. The fourth-order valence-corrected chi connectivity index (χ4v) is 3.28. The zero-order chi connectivity index (χ0) is 15.5. The Labute approximate surface area is 124 Å². The highest BCUT2D eigenvalue weighted by molar-refractivity contribution is 7.86. The van der Waals surface area contributed by atoms with Gasteiger partial charge in [-0.25, -0.2) is 4.98 Å². The van der Waals surface area contributed by atoms with Crippen LogP contribution >= 0.6 is 0 Å². The highest BCUT2D eigenvalue weighted by Crippen LogP contribution is 2.20. The van der Waals surface area contributed by atoms with E-state index in [1.165, 1.54) is 29.8 Å². The summed E-state index contributed by atoms with van der Waals surface area (Å²) in [5.74, 6) is 0.385. The fourth-order valence-electron chi connectivity index (χ4n) is 2.10. The Bertz CT molecular complexity index is 578. The summed E-state index contributed by atoms with van der Waals surface area (Å²) in [6.07, 6.45) is 2.84. The van der Waals surface area contributed by atoms with Crippen molar-refractivity contribution in [1.29, 1.82) is 0 Å². The molecule has 1 fully saturated rings. The van der Waals surface area contributed by atoms with Gasteiger partial charge in [-0.05, 0) is 12.8 Å². The van der Waals surface area contributed by atoms with Crippen LogP contribution in [0.2, 0.25) is 0 Å². The maximum Gasteiger partial charge on any atom is 0.319 e. The topological polar surface area (TPSA) is 84.9 Å². The summed E-state index contributed by atoms with van der Waals surface area (Å²) in [4.78, 5) is 7.98. The lowest BCUT2D eigenvalue weighted by atomic mass is 10.1. The molecule has 1 saturated heterocycles. The van der Waals surface area contributed by atoms with E-state index in [-0.39, 0.29) is 12.1 Å². The van der Waals surface area contributed by atoms with Crippen molar-refractivity contribution in [2.75, 3.05) is 34.3 Å². The minimum absolute atomic E-state index is 0.223. The lowest BCUT2D eigenvalue weighted by molar-refractivity contribution is 0.121. The van der Waals surface area contributed by atoms with Crippen molar-refractivity contribution in [3.05, 3.63) is 12.3 Å². The Morgan fingerprint density at radius 2 is 2.19 bits per heavy atom. The molecule has 0 saturated carbocycles. The number of hydrogen-bond acceptors (Lipinski definition) is 6. The van der Waals surface area contributed by atoms with Crippen molar-refractivity contribution in [3.8, 4) is 11.9 Å². The van der Waals surface area contributed by atoms with Crippen molar-refractivity contribution < 1.29 is 17.9 Å². The molecule has 2 heterocycles. The maximum absolute atomic E-state index is 12.1. The monoisotopic (exact) mass is 316 g/mol. The van der Waals surface area contributed by atoms with Gasteiger partial charge in [-0.3, -0.25) is 0 Å². The van der Waals surface area contributed by atoms with Crippen LogP contribution in [0.4, 0.5) is 0 Å². The molecule has 0 radical (unpaired) electrons. The van der Waals surface area contributed by atoms with E-state index in [1.54, 1.807) is 12.3 Å². The van der Waals surface area contributed by atoms with E-state index in [4.69, 9.17) is 9.47 Å². The SMILES string of the molecule is COc1nccc(OC2CCCN(S(=O)(=O)N(C)C)C2)n1. The van der Waals surface area contributed by atoms with Crippen LogP contribution in [0.15, 0.2) is 12.3 Å². The third-order valence-corrected chi connectivity index (χ3v) is 5.11. The zero-order valence-electron chi connectivity index (χ0n) is 12.4. The highest BCUT2D eigenvalue weighted by Gasteiger charge is 2.31. The van der Waals surface area contributed by atoms with Gasteiger partial charge in [0.1, 0.15) is 6.10 Å². The summed E-state index contributed by atoms with van der Waals surface area (Å²) in [7, 11) is 1.11. The van der Waals surface area contributed by atoms with Crippen LogP contribution in [-0.2, 0) is 10.2 Å². The third kappa shape index (κ3) is 3.80. The van der Waals surface area contributed by atoms with Gasteiger partial charge in [-0.15, -0.1) is 0 Å². The lowest BCUT2D eigenvalue weighted by Crippen LogP contribution is -2.48. The first-order chi connectivity index (χ1) is 9.93. The Balaban J connectivity index is 2.04. The van der Waals surface area contributed by atoms with Crippen LogP contribution in [0.3, 0.4) is 0 Å². The van der Waals surface area contributed by atoms with Crippen LogP contribution in [-0.4, -0.2) is 67.4 Å². The van der Waals surface area contributed by atoms with Crippen molar-refractivity contribution in [3.63, 3.8) is 0 Å². The first-order valence-electron chi connectivity index (χ1n) is 6.65. The second kappa shape index (κ2) is 6.54. The van der Waals surface area contributed by atoms with Crippen LogP contribution in [0, 0.1) is 0 Å². The standard InChI is InChI=1S/C12H20N4O4S/c1-15(2)21(17,18)16-8-4-5-10(9-16)20-11-6-7-13-12(14-11)19-3/h6-7,10H,4-5,8-9H2,1-3H3. The van der Waals surface area contributed by atoms with Crippen LogP contribution in [0.1, 0.15) is 12.8 Å². The lowest BCUT2D eigenvalue weighted by Gasteiger charge is -2.33. The van der Waals surface area contributed by atoms with Crippen LogP contribution in [0.5, 0.6) is 11.9 Å². The average Bonchev–Trinajstić information content (AvgIpc) is 2.47. The molecular weight excluding hydrogens is 296 g/mol. The molecule has 1 aromatic rings. The second-order valence-corrected chi connectivity index (χ2v) is 7.05. The zero-order valence-corrected chi connectivity index (χ0v) is 13.2.